The average Bonchev–Trinajstić information content (AvgIpc) is 3.01. The van der Waals surface area contributed by atoms with Crippen LogP contribution in [0.25, 0.3) is 0 Å². The highest BCUT2D eigenvalue weighted by Gasteiger charge is 2.55. The van der Waals surface area contributed by atoms with Crippen LogP contribution < -0.4 is 0 Å². The van der Waals surface area contributed by atoms with Gasteiger partial charge in [-0.15, -0.1) is 0 Å². The second-order valence-electron chi connectivity index (χ2n) is 8.06. The molecule has 0 bridgehead atoms. The third-order valence-corrected chi connectivity index (χ3v) is 7.85. The van der Waals surface area contributed by atoms with Gasteiger partial charge in [-0.2, -0.15) is 0 Å². The van der Waals surface area contributed by atoms with E-state index in [1.165, 1.54) is 26.7 Å². The summed E-state index contributed by atoms with van der Waals surface area (Å²) in [6, 6.07) is 28.6. The van der Waals surface area contributed by atoms with Gasteiger partial charge in [0.1, 0.15) is 0 Å². The van der Waals surface area contributed by atoms with Crippen LogP contribution in [0.5, 0.6) is 0 Å². The van der Waals surface area contributed by atoms with E-state index in [4.69, 9.17) is 11.6 Å². The summed E-state index contributed by atoms with van der Waals surface area (Å²) in [7, 11) is 0. The number of benzene rings is 3. The molecule has 3 atom stereocenters. The van der Waals surface area contributed by atoms with Gasteiger partial charge in [0.15, 0.2) is 0 Å². The van der Waals surface area contributed by atoms with E-state index in [2.05, 4.69) is 108 Å². The van der Waals surface area contributed by atoms with Crippen molar-refractivity contribution in [2.24, 2.45) is 11.8 Å². The third-order valence-electron chi connectivity index (χ3n) is 6.66. The fourth-order valence-electron chi connectivity index (χ4n) is 5.52. The molecule has 0 spiro atoms. The molecule has 0 amide bonds. The molecule has 3 aromatic rings. The van der Waals surface area contributed by atoms with Crippen LogP contribution in [0.4, 0.5) is 0 Å². The van der Waals surface area contributed by atoms with Crippen molar-refractivity contribution >= 4 is 27.5 Å². The maximum Gasteiger partial charge on any atom is 0.0523 e. The number of allylic oxidation sites excluding steroid dienone is 2. The first kappa shape index (κ1) is 18.2. The Labute approximate surface area is 180 Å². The Hall–Kier alpha value is -1.83. The van der Waals surface area contributed by atoms with Crippen LogP contribution in [0.2, 0.25) is 0 Å². The van der Waals surface area contributed by atoms with Crippen LogP contribution in [0.3, 0.4) is 0 Å². The number of fused-ring (bicyclic) bond motifs is 3. The predicted molar refractivity (Wildman–Crippen MR) is 121 cm³/mol. The summed E-state index contributed by atoms with van der Waals surface area (Å²) in [5.74, 6) is 1.14. The molecule has 2 aliphatic rings. The maximum atomic E-state index is 6.77. The van der Waals surface area contributed by atoms with Gasteiger partial charge >= 0.3 is 0 Å². The lowest BCUT2D eigenvalue weighted by Gasteiger charge is -2.41. The molecular formula is C26H22BrCl. The minimum absolute atomic E-state index is 0.230. The molecule has 0 heterocycles. The number of hydrogen-bond acceptors (Lipinski definition) is 0. The molecular weight excluding hydrogens is 428 g/mol. The zero-order valence-corrected chi connectivity index (χ0v) is 18.1. The minimum atomic E-state index is -0.230. The van der Waals surface area contributed by atoms with E-state index < -0.39 is 0 Å². The van der Waals surface area contributed by atoms with Crippen LogP contribution in [-0.2, 0) is 5.41 Å². The highest BCUT2D eigenvalue weighted by atomic mass is 79.9. The Morgan fingerprint density at radius 2 is 1.46 bits per heavy atom. The molecule has 0 nitrogen and oxygen atoms in total. The van der Waals surface area contributed by atoms with E-state index in [1.54, 1.807) is 0 Å². The van der Waals surface area contributed by atoms with E-state index in [0.717, 1.165) is 11.5 Å². The lowest BCUT2D eigenvalue weighted by atomic mass is 9.62. The molecule has 3 aromatic carbocycles. The lowest BCUT2D eigenvalue weighted by molar-refractivity contribution is 0.358. The van der Waals surface area contributed by atoms with E-state index in [1.807, 2.05) is 0 Å². The van der Waals surface area contributed by atoms with Gasteiger partial charge in [0.2, 0.25) is 0 Å². The number of hydrogen-bond donors (Lipinski definition) is 0. The van der Waals surface area contributed by atoms with Crippen molar-refractivity contribution in [2.45, 2.75) is 24.7 Å². The van der Waals surface area contributed by atoms with E-state index in [-0.39, 0.29) is 5.41 Å². The zero-order valence-electron chi connectivity index (χ0n) is 15.8. The molecule has 5 rings (SSSR count). The Morgan fingerprint density at radius 1 is 0.857 bits per heavy atom. The Bertz CT molecular complexity index is 999. The smallest absolute Gasteiger partial charge is 0.0523 e. The van der Waals surface area contributed by atoms with Crippen LogP contribution >= 0.6 is 27.5 Å². The van der Waals surface area contributed by atoms with Gasteiger partial charge in [0, 0.05) is 15.4 Å². The van der Waals surface area contributed by atoms with Crippen LogP contribution in [0, 0.1) is 11.8 Å². The largest absolute Gasteiger partial charge is 0.0892 e. The normalized spacial score (nSPS) is 25.0. The van der Waals surface area contributed by atoms with Gasteiger partial charge in [-0.25, -0.2) is 0 Å². The molecule has 2 aliphatic carbocycles. The Balaban J connectivity index is 1.92. The van der Waals surface area contributed by atoms with Crippen molar-refractivity contribution in [3.63, 3.8) is 0 Å². The van der Waals surface area contributed by atoms with Gasteiger partial charge in [0.05, 0.1) is 5.41 Å². The highest BCUT2D eigenvalue weighted by molar-refractivity contribution is 9.10. The van der Waals surface area contributed by atoms with Crippen molar-refractivity contribution in [3.05, 3.63) is 117 Å². The summed E-state index contributed by atoms with van der Waals surface area (Å²) in [6.45, 7) is 2.25. The molecule has 0 saturated heterocycles. The standard InChI is InChI=1S/C26H22BrCl/c1-17-15-20-22(16-24(17)28)26(18-9-4-2-5-10-18,19-11-6-3-7-12-19)21-13-8-14-23(27)25(20)21/h2-14,16-17,20,22H,15H2,1H3. The maximum absolute atomic E-state index is 6.77. The van der Waals surface area contributed by atoms with Crippen molar-refractivity contribution < 1.29 is 0 Å². The van der Waals surface area contributed by atoms with Gasteiger partial charge in [-0.05, 0) is 46.6 Å². The molecule has 28 heavy (non-hydrogen) atoms. The molecule has 0 aliphatic heterocycles. The molecule has 0 saturated carbocycles. The molecule has 0 aromatic heterocycles. The number of rotatable bonds is 2. The average molecular weight is 450 g/mol. The van der Waals surface area contributed by atoms with Crippen molar-refractivity contribution in [2.75, 3.05) is 0 Å². The zero-order chi connectivity index (χ0) is 19.3. The van der Waals surface area contributed by atoms with Crippen molar-refractivity contribution in [3.8, 4) is 0 Å². The van der Waals surface area contributed by atoms with Crippen LogP contribution in [0.15, 0.2) is 94.4 Å². The molecule has 2 heteroatoms. The summed E-state index contributed by atoms with van der Waals surface area (Å²) in [6.07, 6.45) is 3.43. The molecule has 0 N–H and O–H groups in total. The molecule has 3 unspecified atom stereocenters. The van der Waals surface area contributed by atoms with Crippen molar-refractivity contribution in [1.29, 1.82) is 0 Å². The van der Waals surface area contributed by atoms with Gasteiger partial charge in [-0.1, -0.05) is 113 Å². The summed E-state index contributed by atoms with van der Waals surface area (Å²) in [5, 5.41) is 1.00. The summed E-state index contributed by atoms with van der Waals surface area (Å²) in [5.41, 5.74) is 5.30. The minimum Gasteiger partial charge on any atom is -0.0892 e. The topological polar surface area (TPSA) is 0 Å². The first-order valence-corrected chi connectivity index (χ1v) is 11.1. The Morgan fingerprint density at radius 3 is 2.07 bits per heavy atom. The summed E-state index contributed by atoms with van der Waals surface area (Å²) >= 11 is 10.7. The third kappa shape index (κ3) is 2.49. The summed E-state index contributed by atoms with van der Waals surface area (Å²) < 4.78 is 1.22. The second kappa shape index (κ2) is 6.90. The lowest BCUT2D eigenvalue weighted by Crippen LogP contribution is -2.36. The second-order valence-corrected chi connectivity index (χ2v) is 9.35. The van der Waals surface area contributed by atoms with Gasteiger partial charge in [0.25, 0.3) is 0 Å². The first-order chi connectivity index (χ1) is 13.6. The Kier molecular flexibility index (Phi) is 4.49. The highest BCUT2D eigenvalue weighted by Crippen LogP contribution is 2.63. The van der Waals surface area contributed by atoms with Crippen molar-refractivity contribution in [1.82, 2.24) is 0 Å². The quantitative estimate of drug-likeness (QED) is 0.377. The summed E-state index contributed by atoms with van der Waals surface area (Å²) in [4.78, 5) is 0. The van der Waals surface area contributed by atoms with E-state index in [9.17, 15) is 0 Å². The molecule has 0 fully saturated rings. The monoisotopic (exact) mass is 448 g/mol. The van der Waals surface area contributed by atoms with E-state index in [0.29, 0.717) is 17.8 Å². The van der Waals surface area contributed by atoms with Gasteiger partial charge in [-0.3, -0.25) is 0 Å². The fourth-order valence-corrected chi connectivity index (χ4v) is 6.40. The van der Waals surface area contributed by atoms with Crippen LogP contribution in [-0.4, -0.2) is 0 Å². The van der Waals surface area contributed by atoms with Gasteiger partial charge < -0.3 is 0 Å². The molecule has 140 valence electrons. The molecule has 0 radical (unpaired) electrons. The van der Waals surface area contributed by atoms with E-state index >= 15 is 0 Å². The fraction of sp³-hybridized carbons (Fsp3) is 0.231. The first-order valence-electron chi connectivity index (χ1n) is 9.91. The van der Waals surface area contributed by atoms with Crippen LogP contribution in [0.1, 0.15) is 41.5 Å². The predicted octanol–water partition coefficient (Wildman–Crippen LogP) is 7.66. The SMILES string of the molecule is CC1CC2c3c(Br)cccc3C(c3ccccc3)(c3ccccc3)C2C=C1Cl. The number of halogens is 2.